The van der Waals surface area contributed by atoms with Crippen LogP contribution in [0.4, 0.5) is 3.89 Å². The highest BCUT2D eigenvalue weighted by Crippen LogP contribution is 2.09. The molecule has 12 heavy (non-hydrogen) atoms. The summed E-state index contributed by atoms with van der Waals surface area (Å²) in [5.41, 5.74) is 0.552. The third kappa shape index (κ3) is 2.83. The molecule has 0 N–H and O–H groups in total. The summed E-state index contributed by atoms with van der Waals surface area (Å²) in [6.45, 7) is 1.64. The van der Waals surface area contributed by atoms with Gasteiger partial charge in [-0.2, -0.15) is 8.42 Å². The summed E-state index contributed by atoms with van der Waals surface area (Å²) in [5.74, 6) is -0.266. The van der Waals surface area contributed by atoms with E-state index >= 15 is 0 Å². The van der Waals surface area contributed by atoms with Crippen LogP contribution in [0.1, 0.15) is 5.69 Å². The largest absolute Gasteiger partial charge is 0.490 e. The number of pyridine rings is 1. The van der Waals surface area contributed by atoms with Crippen molar-refractivity contribution >= 4 is 10.5 Å². The van der Waals surface area contributed by atoms with E-state index in [2.05, 4.69) is 9.17 Å². The van der Waals surface area contributed by atoms with Crippen molar-refractivity contribution < 1.29 is 16.5 Å². The second-order valence-corrected chi connectivity index (χ2v) is 3.05. The lowest BCUT2D eigenvalue weighted by atomic mass is 10.4. The van der Waals surface area contributed by atoms with Crippen LogP contribution in [0.2, 0.25) is 0 Å². The fraction of sp³-hybridized carbons (Fsp3) is 0.167. The summed E-state index contributed by atoms with van der Waals surface area (Å²) in [4.78, 5) is 3.62. The van der Waals surface area contributed by atoms with E-state index < -0.39 is 10.5 Å². The van der Waals surface area contributed by atoms with Gasteiger partial charge in [-0.25, -0.2) is 4.98 Å². The first kappa shape index (κ1) is 8.92. The number of hydrogen-bond donors (Lipinski definition) is 0. The van der Waals surface area contributed by atoms with E-state index in [0.717, 1.165) is 0 Å². The first-order valence-electron chi connectivity index (χ1n) is 3.05. The minimum atomic E-state index is -4.96. The van der Waals surface area contributed by atoms with Gasteiger partial charge in [-0.15, -0.1) is 0 Å². The van der Waals surface area contributed by atoms with Crippen LogP contribution in [-0.2, 0) is 10.5 Å². The zero-order valence-corrected chi connectivity index (χ0v) is 7.01. The van der Waals surface area contributed by atoms with Crippen LogP contribution >= 0.6 is 0 Å². The Labute approximate surface area is 69.4 Å². The van der Waals surface area contributed by atoms with E-state index in [4.69, 9.17) is 0 Å². The first-order chi connectivity index (χ1) is 5.47. The maximum absolute atomic E-state index is 11.9. The lowest BCUT2D eigenvalue weighted by Crippen LogP contribution is -2.02. The van der Waals surface area contributed by atoms with E-state index in [-0.39, 0.29) is 5.88 Å². The molecule has 0 aliphatic heterocycles. The molecule has 0 amide bonds. The van der Waals surface area contributed by atoms with Gasteiger partial charge in [0.15, 0.2) is 0 Å². The Morgan fingerprint density at radius 2 is 2.17 bits per heavy atom. The molecule has 1 aromatic heterocycles. The maximum Gasteiger partial charge on any atom is 0.490 e. The molecule has 6 heteroatoms. The van der Waals surface area contributed by atoms with Gasteiger partial charge < -0.3 is 4.18 Å². The number of aryl methyl sites for hydroxylation is 1. The van der Waals surface area contributed by atoms with Gasteiger partial charge in [0.05, 0.1) is 0 Å². The van der Waals surface area contributed by atoms with Crippen molar-refractivity contribution in [3.8, 4) is 5.88 Å². The van der Waals surface area contributed by atoms with Gasteiger partial charge in [0.1, 0.15) is 0 Å². The highest BCUT2D eigenvalue weighted by atomic mass is 32.3. The van der Waals surface area contributed by atoms with E-state index in [0.29, 0.717) is 5.69 Å². The molecule has 66 valence electrons. The van der Waals surface area contributed by atoms with Crippen LogP contribution in [0, 0.1) is 6.92 Å². The molecule has 0 bridgehead atoms. The van der Waals surface area contributed by atoms with Gasteiger partial charge in [-0.1, -0.05) is 9.95 Å². The number of aromatic nitrogens is 1. The predicted molar refractivity (Wildman–Crippen MR) is 39.6 cm³/mol. The molecule has 0 aliphatic carbocycles. The molecule has 1 heterocycles. The van der Waals surface area contributed by atoms with Crippen molar-refractivity contribution in [3.63, 3.8) is 0 Å². The Morgan fingerprint density at radius 1 is 1.50 bits per heavy atom. The molecule has 0 saturated carbocycles. The second-order valence-electron chi connectivity index (χ2n) is 2.09. The molecule has 4 nitrogen and oxygen atoms in total. The molecule has 0 aliphatic rings. The predicted octanol–water partition coefficient (Wildman–Crippen LogP) is 0.983. The zero-order chi connectivity index (χ0) is 9.19. The number of rotatable bonds is 2. The van der Waals surface area contributed by atoms with Crippen LogP contribution in [0.3, 0.4) is 0 Å². The highest BCUT2D eigenvalue weighted by molar-refractivity contribution is 7.81. The van der Waals surface area contributed by atoms with Gasteiger partial charge >= 0.3 is 10.5 Å². The van der Waals surface area contributed by atoms with Crippen molar-refractivity contribution in [2.45, 2.75) is 6.92 Å². The molecule has 0 saturated heterocycles. The Morgan fingerprint density at radius 3 is 2.67 bits per heavy atom. The number of halogens is 1. The fourth-order valence-electron chi connectivity index (χ4n) is 0.666. The molecule has 0 atom stereocenters. The summed E-state index contributed by atoms with van der Waals surface area (Å²) < 4.78 is 35.8. The fourth-order valence-corrected chi connectivity index (χ4v) is 0.963. The SMILES string of the molecule is Cc1cccc(OS(=O)(=O)F)n1. The van der Waals surface area contributed by atoms with Crippen LogP contribution in [0.5, 0.6) is 5.88 Å². The lowest BCUT2D eigenvalue weighted by molar-refractivity contribution is 0.431. The zero-order valence-electron chi connectivity index (χ0n) is 6.19. The van der Waals surface area contributed by atoms with Crippen molar-refractivity contribution in [1.29, 1.82) is 0 Å². The summed E-state index contributed by atoms with van der Waals surface area (Å²) in [5, 5.41) is 0. The molecule has 0 spiro atoms. The van der Waals surface area contributed by atoms with E-state index in [9.17, 15) is 12.3 Å². The van der Waals surface area contributed by atoms with Crippen LogP contribution in [0.25, 0.3) is 0 Å². The molecule has 1 aromatic rings. The van der Waals surface area contributed by atoms with Gasteiger partial charge in [0, 0.05) is 11.8 Å². The first-order valence-corrected chi connectivity index (χ1v) is 4.36. The average molecular weight is 191 g/mol. The van der Waals surface area contributed by atoms with E-state index in [1.54, 1.807) is 13.0 Å². The molecule has 0 unspecified atom stereocenters. The monoisotopic (exact) mass is 191 g/mol. The quantitative estimate of drug-likeness (QED) is 0.654. The van der Waals surface area contributed by atoms with Gasteiger partial charge in [-0.05, 0) is 13.0 Å². The highest BCUT2D eigenvalue weighted by Gasteiger charge is 2.09. The number of nitrogens with zero attached hydrogens (tertiary/aromatic N) is 1. The molecule has 1 rings (SSSR count). The molecule has 0 radical (unpaired) electrons. The van der Waals surface area contributed by atoms with Crippen LogP contribution < -0.4 is 4.18 Å². The van der Waals surface area contributed by atoms with Gasteiger partial charge in [-0.3, -0.25) is 0 Å². The van der Waals surface area contributed by atoms with Crippen LogP contribution in [0.15, 0.2) is 18.2 Å². The molecule has 0 aromatic carbocycles. The van der Waals surface area contributed by atoms with Gasteiger partial charge in [0.2, 0.25) is 5.88 Å². The maximum atomic E-state index is 11.9. The molecular formula is C6H6FNO3S. The molecule has 0 fully saturated rings. The van der Waals surface area contributed by atoms with E-state index in [1.165, 1.54) is 12.1 Å². The van der Waals surface area contributed by atoms with Crippen molar-refractivity contribution in [2.75, 3.05) is 0 Å². The lowest BCUT2D eigenvalue weighted by Gasteiger charge is -1.98. The number of hydrogen-bond acceptors (Lipinski definition) is 4. The summed E-state index contributed by atoms with van der Waals surface area (Å²) in [6.07, 6.45) is 0. The Kier molecular flexibility index (Phi) is 2.27. The summed E-state index contributed by atoms with van der Waals surface area (Å²) >= 11 is 0. The summed E-state index contributed by atoms with van der Waals surface area (Å²) in [7, 11) is -4.96. The van der Waals surface area contributed by atoms with Gasteiger partial charge in [0.25, 0.3) is 0 Å². The van der Waals surface area contributed by atoms with Crippen molar-refractivity contribution in [1.82, 2.24) is 4.98 Å². The Hall–Kier alpha value is -1.17. The van der Waals surface area contributed by atoms with Crippen molar-refractivity contribution in [3.05, 3.63) is 23.9 Å². The third-order valence-electron chi connectivity index (χ3n) is 1.05. The summed E-state index contributed by atoms with van der Waals surface area (Å²) in [6, 6.07) is 4.41. The third-order valence-corrected chi connectivity index (χ3v) is 1.42. The van der Waals surface area contributed by atoms with E-state index in [1.807, 2.05) is 0 Å². The topological polar surface area (TPSA) is 56.3 Å². The Balaban J connectivity index is 2.91. The van der Waals surface area contributed by atoms with Crippen LogP contribution in [-0.4, -0.2) is 13.4 Å². The smallest absolute Gasteiger partial charge is 0.338 e. The normalized spacial score (nSPS) is 11.2. The standard InChI is InChI=1S/C6H6FNO3S/c1-5-3-2-4-6(8-5)11-12(7,9)10/h2-4H,1H3. The Bertz CT molecular complexity index is 376. The van der Waals surface area contributed by atoms with Crippen molar-refractivity contribution in [2.24, 2.45) is 0 Å². The second kappa shape index (κ2) is 3.06. The minimum Gasteiger partial charge on any atom is -0.338 e. The average Bonchev–Trinajstić information content (AvgIpc) is 1.82. The minimum absolute atomic E-state index is 0.266. The molecular weight excluding hydrogens is 185 g/mol.